The van der Waals surface area contributed by atoms with Crippen molar-refractivity contribution in [3.8, 4) is 0 Å². The van der Waals surface area contributed by atoms with E-state index in [0.29, 0.717) is 5.38 Å². The topological polar surface area (TPSA) is 9.23 Å². The molecule has 0 aliphatic rings. The summed E-state index contributed by atoms with van der Waals surface area (Å²) in [6.45, 7) is 5.81. The lowest BCUT2D eigenvalue weighted by Crippen LogP contribution is -2.04. The minimum absolute atomic E-state index is 0.321. The first kappa shape index (κ1) is 11.2. The number of alkyl halides is 1. The van der Waals surface area contributed by atoms with E-state index >= 15 is 0 Å². The van der Waals surface area contributed by atoms with Gasteiger partial charge in [-0.05, 0) is 19.8 Å². The highest BCUT2D eigenvalue weighted by Gasteiger charge is 2.02. The summed E-state index contributed by atoms with van der Waals surface area (Å²) >= 11 is 6.02. The van der Waals surface area contributed by atoms with Gasteiger partial charge in [0.05, 0.1) is 0 Å². The van der Waals surface area contributed by atoms with E-state index in [4.69, 9.17) is 16.3 Å². The van der Waals surface area contributed by atoms with Crippen LogP contribution in [0.2, 0.25) is 0 Å². The van der Waals surface area contributed by atoms with E-state index in [9.17, 15) is 0 Å². The average Bonchev–Trinajstić information content (AvgIpc) is 2.01. The van der Waals surface area contributed by atoms with Gasteiger partial charge in [-0.1, -0.05) is 19.8 Å². The van der Waals surface area contributed by atoms with Gasteiger partial charge in [0.1, 0.15) is 0 Å². The number of halogens is 1. The Morgan fingerprint density at radius 2 is 2.00 bits per heavy atom. The summed E-state index contributed by atoms with van der Waals surface area (Å²) in [4.78, 5) is 0. The maximum absolute atomic E-state index is 6.02. The Hall–Kier alpha value is 0.250. The van der Waals surface area contributed by atoms with Crippen LogP contribution in [0.3, 0.4) is 0 Å². The molecule has 0 aromatic heterocycles. The van der Waals surface area contributed by atoms with Crippen molar-refractivity contribution < 1.29 is 4.74 Å². The molecule has 0 rings (SSSR count). The molecule has 0 aliphatic carbocycles. The van der Waals surface area contributed by atoms with E-state index in [1.54, 1.807) is 0 Å². The van der Waals surface area contributed by atoms with E-state index in [-0.39, 0.29) is 0 Å². The second-order valence-electron chi connectivity index (χ2n) is 2.73. The SMILES string of the molecule is CCCCC(Cl)CCOCC. The smallest absolute Gasteiger partial charge is 0.0479 e. The van der Waals surface area contributed by atoms with Crippen molar-refractivity contribution >= 4 is 11.6 Å². The highest BCUT2D eigenvalue weighted by atomic mass is 35.5. The van der Waals surface area contributed by atoms with Crippen LogP contribution in [0.4, 0.5) is 0 Å². The van der Waals surface area contributed by atoms with Gasteiger partial charge < -0.3 is 4.74 Å². The predicted octanol–water partition coefficient (Wildman–Crippen LogP) is 3.21. The zero-order valence-electron chi connectivity index (χ0n) is 7.61. The van der Waals surface area contributed by atoms with Crippen LogP contribution in [0.1, 0.15) is 39.5 Å². The first-order chi connectivity index (χ1) is 5.31. The van der Waals surface area contributed by atoms with Gasteiger partial charge in [0.25, 0.3) is 0 Å². The molecule has 0 aromatic rings. The normalized spacial score (nSPS) is 13.4. The molecule has 0 spiro atoms. The molecule has 0 N–H and O–H groups in total. The first-order valence-corrected chi connectivity index (χ1v) is 4.96. The van der Waals surface area contributed by atoms with Crippen LogP contribution in [0, 0.1) is 0 Å². The molecule has 0 aromatic carbocycles. The Morgan fingerprint density at radius 3 is 2.55 bits per heavy atom. The summed E-state index contributed by atoms with van der Waals surface area (Å²) in [6, 6.07) is 0. The zero-order chi connectivity index (χ0) is 8.53. The lowest BCUT2D eigenvalue weighted by molar-refractivity contribution is 0.143. The summed E-state index contributed by atoms with van der Waals surface area (Å²) in [5.74, 6) is 0. The largest absolute Gasteiger partial charge is 0.382 e. The van der Waals surface area contributed by atoms with Gasteiger partial charge in [0.15, 0.2) is 0 Å². The van der Waals surface area contributed by atoms with Crippen LogP contribution in [0.15, 0.2) is 0 Å². The Bertz CT molecular complexity index is 76.0. The van der Waals surface area contributed by atoms with Crippen molar-refractivity contribution in [1.29, 1.82) is 0 Å². The molecule has 1 unspecified atom stereocenters. The third kappa shape index (κ3) is 8.15. The third-order valence-electron chi connectivity index (χ3n) is 1.65. The molecule has 0 bridgehead atoms. The Labute approximate surface area is 75.1 Å². The van der Waals surface area contributed by atoms with E-state index in [1.165, 1.54) is 12.8 Å². The average molecular weight is 179 g/mol. The Balaban J connectivity index is 3.02. The molecular formula is C9H19ClO. The molecule has 0 saturated heterocycles. The monoisotopic (exact) mass is 178 g/mol. The second kappa shape index (κ2) is 8.35. The van der Waals surface area contributed by atoms with Crippen LogP contribution in [-0.2, 0) is 4.74 Å². The van der Waals surface area contributed by atoms with Crippen molar-refractivity contribution in [2.75, 3.05) is 13.2 Å². The van der Waals surface area contributed by atoms with Crippen LogP contribution in [0.25, 0.3) is 0 Å². The van der Waals surface area contributed by atoms with Gasteiger partial charge in [-0.2, -0.15) is 0 Å². The molecule has 2 heteroatoms. The van der Waals surface area contributed by atoms with Crippen molar-refractivity contribution in [2.45, 2.75) is 44.9 Å². The van der Waals surface area contributed by atoms with E-state index in [2.05, 4.69) is 6.92 Å². The van der Waals surface area contributed by atoms with Gasteiger partial charge in [-0.25, -0.2) is 0 Å². The summed E-state index contributed by atoms with van der Waals surface area (Å²) in [5.41, 5.74) is 0. The van der Waals surface area contributed by atoms with Crippen molar-refractivity contribution in [1.82, 2.24) is 0 Å². The van der Waals surface area contributed by atoms with Crippen molar-refractivity contribution in [3.63, 3.8) is 0 Å². The van der Waals surface area contributed by atoms with Gasteiger partial charge in [0.2, 0.25) is 0 Å². The van der Waals surface area contributed by atoms with Crippen LogP contribution < -0.4 is 0 Å². The van der Waals surface area contributed by atoms with Crippen molar-refractivity contribution in [2.24, 2.45) is 0 Å². The van der Waals surface area contributed by atoms with Gasteiger partial charge in [-0.3, -0.25) is 0 Å². The number of unbranched alkanes of at least 4 members (excludes halogenated alkanes) is 1. The Kier molecular flexibility index (Phi) is 8.54. The molecule has 0 heterocycles. The van der Waals surface area contributed by atoms with E-state index in [0.717, 1.165) is 26.1 Å². The molecule has 0 saturated carbocycles. The van der Waals surface area contributed by atoms with E-state index in [1.807, 2.05) is 6.92 Å². The molecule has 1 nitrogen and oxygen atoms in total. The van der Waals surface area contributed by atoms with Crippen LogP contribution >= 0.6 is 11.6 Å². The van der Waals surface area contributed by atoms with Gasteiger partial charge in [0, 0.05) is 18.6 Å². The summed E-state index contributed by atoms with van der Waals surface area (Å²) in [6.07, 6.45) is 4.60. The zero-order valence-corrected chi connectivity index (χ0v) is 8.36. The van der Waals surface area contributed by atoms with Crippen LogP contribution in [-0.4, -0.2) is 18.6 Å². The molecule has 0 amide bonds. The maximum Gasteiger partial charge on any atom is 0.0479 e. The highest BCUT2D eigenvalue weighted by molar-refractivity contribution is 6.20. The quantitative estimate of drug-likeness (QED) is 0.430. The number of hydrogen-bond donors (Lipinski definition) is 0. The molecule has 0 aliphatic heterocycles. The summed E-state index contributed by atoms with van der Waals surface area (Å²) in [7, 11) is 0. The fourth-order valence-corrected chi connectivity index (χ4v) is 1.17. The minimum Gasteiger partial charge on any atom is -0.382 e. The molecule has 1 atom stereocenters. The molecule has 0 fully saturated rings. The van der Waals surface area contributed by atoms with Gasteiger partial charge >= 0.3 is 0 Å². The summed E-state index contributed by atoms with van der Waals surface area (Å²) in [5, 5.41) is 0.321. The summed E-state index contributed by atoms with van der Waals surface area (Å²) < 4.78 is 5.20. The third-order valence-corrected chi connectivity index (χ3v) is 2.09. The number of hydrogen-bond acceptors (Lipinski definition) is 1. The number of rotatable bonds is 7. The molecular weight excluding hydrogens is 160 g/mol. The van der Waals surface area contributed by atoms with Gasteiger partial charge in [-0.15, -0.1) is 11.6 Å². The van der Waals surface area contributed by atoms with Crippen molar-refractivity contribution in [3.05, 3.63) is 0 Å². The standard InChI is InChI=1S/C9H19ClO/c1-3-5-6-9(10)7-8-11-4-2/h9H,3-8H2,1-2H3. The first-order valence-electron chi connectivity index (χ1n) is 4.53. The lowest BCUT2D eigenvalue weighted by Gasteiger charge is -2.07. The van der Waals surface area contributed by atoms with E-state index < -0.39 is 0 Å². The molecule has 0 radical (unpaired) electrons. The number of ether oxygens (including phenoxy) is 1. The lowest BCUT2D eigenvalue weighted by atomic mass is 10.1. The Morgan fingerprint density at radius 1 is 1.27 bits per heavy atom. The fourth-order valence-electron chi connectivity index (χ4n) is 0.925. The molecule has 11 heavy (non-hydrogen) atoms. The molecule has 68 valence electrons. The maximum atomic E-state index is 6.02. The predicted molar refractivity (Wildman–Crippen MR) is 50.3 cm³/mol. The highest BCUT2D eigenvalue weighted by Crippen LogP contribution is 2.10. The fraction of sp³-hybridized carbons (Fsp3) is 1.00. The van der Waals surface area contributed by atoms with Crippen LogP contribution in [0.5, 0.6) is 0 Å². The minimum atomic E-state index is 0.321. The second-order valence-corrected chi connectivity index (χ2v) is 3.34.